The largest absolute Gasteiger partial charge is 0.360 e. The van der Waals surface area contributed by atoms with E-state index in [1.165, 1.54) is 4.31 Å². The van der Waals surface area contributed by atoms with Crippen LogP contribution in [0.25, 0.3) is 11.4 Å². The molecule has 154 valence electrons. The maximum absolute atomic E-state index is 13.1. The maximum atomic E-state index is 13.1. The lowest BCUT2D eigenvalue weighted by Gasteiger charge is -2.31. The molecule has 9 heteroatoms. The lowest BCUT2D eigenvalue weighted by Crippen LogP contribution is -2.40. The molecule has 0 aliphatic carbocycles. The van der Waals surface area contributed by atoms with Gasteiger partial charge in [-0.3, -0.25) is 0 Å². The van der Waals surface area contributed by atoms with Gasteiger partial charge in [0, 0.05) is 25.1 Å². The molecule has 1 aliphatic heterocycles. The molecule has 1 fully saturated rings. The van der Waals surface area contributed by atoms with E-state index >= 15 is 0 Å². The highest BCUT2D eigenvalue weighted by molar-refractivity contribution is 7.89. The molecule has 4 rings (SSSR count). The molecule has 1 unspecified atom stereocenters. The van der Waals surface area contributed by atoms with Gasteiger partial charge in [0.15, 0.2) is 5.76 Å². The first-order valence-corrected chi connectivity index (χ1v) is 11.1. The van der Waals surface area contributed by atoms with Crippen molar-refractivity contribution in [2.24, 2.45) is 5.92 Å². The molecular formula is C20H24N4O4S. The van der Waals surface area contributed by atoms with Gasteiger partial charge in [0.25, 0.3) is 0 Å². The first-order valence-electron chi connectivity index (χ1n) is 9.68. The second-order valence-corrected chi connectivity index (χ2v) is 9.43. The van der Waals surface area contributed by atoms with E-state index in [0.29, 0.717) is 42.7 Å². The van der Waals surface area contributed by atoms with Crippen molar-refractivity contribution in [2.75, 3.05) is 13.1 Å². The smallest absolute Gasteiger partial charge is 0.248 e. The van der Waals surface area contributed by atoms with E-state index in [1.807, 2.05) is 31.2 Å². The summed E-state index contributed by atoms with van der Waals surface area (Å²) in [5.41, 5.74) is 2.41. The number of sulfonamides is 1. The van der Waals surface area contributed by atoms with Crippen molar-refractivity contribution in [2.45, 2.75) is 44.9 Å². The van der Waals surface area contributed by atoms with Crippen LogP contribution in [0, 0.1) is 26.7 Å². The number of aromatic nitrogens is 3. The second kappa shape index (κ2) is 7.72. The predicted octanol–water partition coefficient (Wildman–Crippen LogP) is 3.29. The minimum absolute atomic E-state index is 0.115. The molecule has 8 nitrogen and oxygen atoms in total. The first-order chi connectivity index (χ1) is 13.9. The van der Waals surface area contributed by atoms with Crippen LogP contribution in [0.5, 0.6) is 0 Å². The van der Waals surface area contributed by atoms with Gasteiger partial charge in [0.05, 0.1) is 0 Å². The molecule has 0 amide bonds. The minimum atomic E-state index is -3.64. The van der Waals surface area contributed by atoms with Gasteiger partial charge in [0.1, 0.15) is 10.6 Å². The molecule has 29 heavy (non-hydrogen) atoms. The summed E-state index contributed by atoms with van der Waals surface area (Å²) in [6, 6.07) is 7.87. The first kappa shape index (κ1) is 19.8. The fraction of sp³-hybridized carbons (Fsp3) is 0.450. The molecule has 3 aromatic rings. The zero-order valence-electron chi connectivity index (χ0n) is 16.8. The van der Waals surface area contributed by atoms with Crippen LogP contribution in [-0.4, -0.2) is 41.1 Å². The molecular weight excluding hydrogens is 392 g/mol. The number of hydrogen-bond donors (Lipinski definition) is 0. The van der Waals surface area contributed by atoms with Crippen molar-refractivity contribution in [3.05, 3.63) is 47.2 Å². The predicted molar refractivity (Wildman–Crippen MR) is 106 cm³/mol. The Morgan fingerprint density at radius 3 is 2.66 bits per heavy atom. The number of aryl methyl sites for hydroxylation is 3. The van der Waals surface area contributed by atoms with E-state index in [1.54, 1.807) is 13.8 Å². The Bertz CT molecular complexity index is 1100. The highest BCUT2D eigenvalue weighted by atomic mass is 32.2. The van der Waals surface area contributed by atoms with Crippen LogP contribution in [0.3, 0.4) is 0 Å². The summed E-state index contributed by atoms with van der Waals surface area (Å²) in [5, 5.41) is 7.89. The van der Waals surface area contributed by atoms with Crippen molar-refractivity contribution in [1.29, 1.82) is 0 Å². The van der Waals surface area contributed by atoms with Gasteiger partial charge in [-0.2, -0.15) is 9.29 Å². The van der Waals surface area contributed by atoms with Crippen molar-refractivity contribution in [3.8, 4) is 11.4 Å². The molecule has 2 aromatic heterocycles. The van der Waals surface area contributed by atoms with Gasteiger partial charge in [-0.15, -0.1) is 0 Å². The van der Waals surface area contributed by atoms with Gasteiger partial charge < -0.3 is 9.05 Å². The molecule has 3 heterocycles. The topological polar surface area (TPSA) is 102 Å². The Morgan fingerprint density at radius 1 is 1.14 bits per heavy atom. The number of rotatable bonds is 5. The highest BCUT2D eigenvalue weighted by Crippen LogP contribution is 2.29. The van der Waals surface area contributed by atoms with Gasteiger partial charge >= 0.3 is 0 Å². The molecule has 0 spiro atoms. The van der Waals surface area contributed by atoms with Crippen molar-refractivity contribution in [1.82, 2.24) is 19.6 Å². The third kappa shape index (κ3) is 3.84. The van der Waals surface area contributed by atoms with Crippen molar-refractivity contribution in [3.63, 3.8) is 0 Å². The fourth-order valence-corrected chi connectivity index (χ4v) is 5.75. The number of piperidine rings is 1. The summed E-state index contributed by atoms with van der Waals surface area (Å²) in [7, 11) is -3.64. The SMILES string of the molecule is Cc1ccccc1-c1noc(CC2CCCN(S(=O)(=O)c3c(C)noc3C)C2)n1. The van der Waals surface area contributed by atoms with Gasteiger partial charge in [-0.1, -0.05) is 34.6 Å². The van der Waals surface area contributed by atoms with E-state index < -0.39 is 10.0 Å². The van der Waals surface area contributed by atoms with Crippen LogP contribution in [0.4, 0.5) is 0 Å². The Hall–Kier alpha value is -2.52. The summed E-state index contributed by atoms with van der Waals surface area (Å²) in [5.74, 6) is 1.53. The number of nitrogens with zero attached hydrogens (tertiary/aromatic N) is 4. The van der Waals surface area contributed by atoms with Crippen LogP contribution in [-0.2, 0) is 16.4 Å². The average Bonchev–Trinajstić information content (AvgIpc) is 3.29. The third-order valence-electron chi connectivity index (χ3n) is 5.36. The molecule has 0 saturated carbocycles. The summed E-state index contributed by atoms with van der Waals surface area (Å²) in [4.78, 5) is 4.71. The normalized spacial score (nSPS) is 18.2. The summed E-state index contributed by atoms with van der Waals surface area (Å²) >= 11 is 0. The molecule has 0 bridgehead atoms. The van der Waals surface area contributed by atoms with E-state index in [2.05, 4.69) is 15.3 Å². The molecule has 0 radical (unpaired) electrons. The Balaban J connectivity index is 1.49. The van der Waals surface area contributed by atoms with Crippen molar-refractivity contribution < 1.29 is 17.5 Å². The average molecular weight is 417 g/mol. The van der Waals surface area contributed by atoms with E-state index in [0.717, 1.165) is 24.0 Å². The monoisotopic (exact) mass is 416 g/mol. The van der Waals surface area contributed by atoms with Gasteiger partial charge in [-0.05, 0) is 45.1 Å². The van der Waals surface area contributed by atoms with E-state index in [-0.39, 0.29) is 10.8 Å². The minimum Gasteiger partial charge on any atom is -0.360 e. The zero-order valence-corrected chi connectivity index (χ0v) is 17.6. The van der Waals surface area contributed by atoms with E-state index in [4.69, 9.17) is 9.05 Å². The summed E-state index contributed by atoms with van der Waals surface area (Å²) < 4.78 is 38.2. The zero-order chi connectivity index (χ0) is 20.6. The van der Waals surface area contributed by atoms with Crippen LogP contribution >= 0.6 is 0 Å². The van der Waals surface area contributed by atoms with Crippen LogP contribution in [0.2, 0.25) is 0 Å². The summed E-state index contributed by atoms with van der Waals surface area (Å²) in [6.45, 7) is 6.18. The molecule has 0 N–H and O–H groups in total. The lowest BCUT2D eigenvalue weighted by molar-refractivity contribution is 0.246. The van der Waals surface area contributed by atoms with E-state index in [9.17, 15) is 8.42 Å². The Kier molecular flexibility index (Phi) is 5.26. The second-order valence-electron chi connectivity index (χ2n) is 7.56. The highest BCUT2D eigenvalue weighted by Gasteiger charge is 2.35. The Morgan fingerprint density at radius 2 is 1.93 bits per heavy atom. The van der Waals surface area contributed by atoms with Crippen molar-refractivity contribution >= 4 is 10.0 Å². The maximum Gasteiger partial charge on any atom is 0.248 e. The molecule has 1 aromatic carbocycles. The van der Waals surface area contributed by atoms with Gasteiger partial charge in [0.2, 0.25) is 21.7 Å². The van der Waals surface area contributed by atoms with Crippen LogP contribution in [0.1, 0.15) is 35.7 Å². The van der Waals surface area contributed by atoms with Gasteiger partial charge in [-0.25, -0.2) is 8.42 Å². The standard InChI is InChI=1S/C20H24N4O4S/c1-13-7-4-5-9-17(13)20-21-18(28-23-20)11-16-8-6-10-24(12-16)29(25,26)19-14(2)22-27-15(19)3/h4-5,7,9,16H,6,8,10-12H2,1-3H3. The third-order valence-corrected chi connectivity index (χ3v) is 7.48. The molecule has 1 saturated heterocycles. The quantitative estimate of drug-likeness (QED) is 0.629. The molecule has 1 atom stereocenters. The summed E-state index contributed by atoms with van der Waals surface area (Å²) in [6.07, 6.45) is 2.24. The molecule has 1 aliphatic rings. The van der Waals surface area contributed by atoms with Crippen LogP contribution in [0.15, 0.2) is 38.2 Å². The lowest BCUT2D eigenvalue weighted by atomic mass is 9.96. The number of hydrogen-bond acceptors (Lipinski definition) is 7. The fourth-order valence-electron chi connectivity index (χ4n) is 3.90. The Labute approximate surface area is 169 Å². The number of benzene rings is 1. The van der Waals surface area contributed by atoms with Crippen LogP contribution < -0.4 is 0 Å².